The summed E-state index contributed by atoms with van der Waals surface area (Å²) >= 11 is 1.60. The van der Waals surface area contributed by atoms with Gasteiger partial charge in [0.25, 0.3) is 5.19 Å². The van der Waals surface area contributed by atoms with E-state index in [-0.39, 0.29) is 0 Å². The van der Waals surface area contributed by atoms with Crippen LogP contribution in [0.5, 0.6) is 5.19 Å². The number of aromatic nitrogens is 1. The largest absolute Gasteiger partial charge is 0.470 e. The molecule has 1 rings (SSSR count). The van der Waals surface area contributed by atoms with Crippen molar-refractivity contribution in [2.24, 2.45) is 0 Å². The van der Waals surface area contributed by atoms with Crippen LogP contribution in [-0.2, 0) is 6.54 Å². The Hall–Kier alpha value is -0.610. The molecule has 0 bridgehead atoms. The minimum atomic E-state index is 0.512. The number of hydrogen-bond donors (Lipinski definition) is 1. The number of hydrogen-bond acceptors (Lipinski definition) is 4. The lowest BCUT2D eigenvalue weighted by molar-refractivity contribution is 0.338. The van der Waals surface area contributed by atoms with E-state index in [2.05, 4.69) is 24.1 Å². The smallest absolute Gasteiger partial charge is 0.273 e. The summed E-state index contributed by atoms with van der Waals surface area (Å²) in [5.41, 5.74) is 0. The minimum absolute atomic E-state index is 0.512. The summed E-state index contributed by atoms with van der Waals surface area (Å²) in [4.78, 5) is 5.36. The lowest BCUT2D eigenvalue weighted by atomic mass is 10.4. The monoisotopic (exact) mass is 200 g/mol. The molecule has 4 heteroatoms. The SMILES string of the molecule is CCOc1ncc(CNC(C)C)s1. The molecule has 0 aliphatic heterocycles. The highest BCUT2D eigenvalue weighted by Gasteiger charge is 2.02. The molecule has 0 amide bonds. The molecule has 0 unspecified atom stereocenters. The number of rotatable bonds is 5. The summed E-state index contributed by atoms with van der Waals surface area (Å²) in [6.07, 6.45) is 1.87. The molecular weight excluding hydrogens is 184 g/mol. The molecule has 1 heterocycles. The molecule has 0 aliphatic rings. The summed E-state index contributed by atoms with van der Waals surface area (Å²) in [7, 11) is 0. The van der Waals surface area contributed by atoms with Crippen LogP contribution in [0.25, 0.3) is 0 Å². The molecule has 0 radical (unpaired) electrons. The van der Waals surface area contributed by atoms with E-state index in [0.717, 1.165) is 11.7 Å². The zero-order valence-electron chi connectivity index (χ0n) is 8.33. The molecule has 13 heavy (non-hydrogen) atoms. The second kappa shape index (κ2) is 5.19. The van der Waals surface area contributed by atoms with Crippen molar-refractivity contribution in [1.82, 2.24) is 10.3 Å². The Labute approximate surface area is 83.1 Å². The number of thiazole rings is 1. The zero-order chi connectivity index (χ0) is 9.68. The molecule has 0 saturated heterocycles. The van der Waals surface area contributed by atoms with Crippen LogP contribution in [0.2, 0.25) is 0 Å². The molecule has 0 spiro atoms. The maximum absolute atomic E-state index is 5.27. The summed E-state index contributed by atoms with van der Waals surface area (Å²) in [5.74, 6) is 0. The van der Waals surface area contributed by atoms with E-state index in [0.29, 0.717) is 12.6 Å². The van der Waals surface area contributed by atoms with E-state index in [1.165, 1.54) is 4.88 Å². The molecule has 0 aromatic carbocycles. The first kappa shape index (κ1) is 10.5. The van der Waals surface area contributed by atoms with Crippen LogP contribution in [0.3, 0.4) is 0 Å². The van der Waals surface area contributed by atoms with Crippen molar-refractivity contribution in [3.05, 3.63) is 11.1 Å². The van der Waals surface area contributed by atoms with Gasteiger partial charge < -0.3 is 10.1 Å². The van der Waals surface area contributed by atoms with Crippen molar-refractivity contribution >= 4 is 11.3 Å². The Bertz CT molecular complexity index is 248. The average molecular weight is 200 g/mol. The van der Waals surface area contributed by atoms with Gasteiger partial charge in [-0.15, -0.1) is 0 Å². The molecule has 0 atom stereocenters. The molecule has 1 aromatic rings. The van der Waals surface area contributed by atoms with Gasteiger partial charge in [0.1, 0.15) is 0 Å². The van der Waals surface area contributed by atoms with E-state index >= 15 is 0 Å². The fourth-order valence-corrected chi connectivity index (χ4v) is 1.63. The Morgan fingerprint density at radius 3 is 3.00 bits per heavy atom. The van der Waals surface area contributed by atoms with Gasteiger partial charge in [-0.05, 0) is 6.92 Å². The van der Waals surface area contributed by atoms with Crippen molar-refractivity contribution < 1.29 is 4.74 Å². The van der Waals surface area contributed by atoms with Crippen molar-refractivity contribution in [3.63, 3.8) is 0 Å². The van der Waals surface area contributed by atoms with Crippen LogP contribution < -0.4 is 10.1 Å². The Morgan fingerprint density at radius 1 is 1.62 bits per heavy atom. The summed E-state index contributed by atoms with van der Waals surface area (Å²) < 4.78 is 5.27. The Balaban J connectivity index is 2.39. The van der Waals surface area contributed by atoms with E-state index < -0.39 is 0 Å². The Morgan fingerprint density at radius 2 is 2.38 bits per heavy atom. The van der Waals surface area contributed by atoms with E-state index in [1.54, 1.807) is 11.3 Å². The van der Waals surface area contributed by atoms with Gasteiger partial charge in [0, 0.05) is 23.7 Å². The minimum Gasteiger partial charge on any atom is -0.470 e. The maximum atomic E-state index is 5.27. The highest BCUT2D eigenvalue weighted by atomic mass is 32.1. The summed E-state index contributed by atoms with van der Waals surface area (Å²) in [5, 5.41) is 4.10. The standard InChI is InChI=1S/C9H16N2OS/c1-4-12-9-11-6-8(13-9)5-10-7(2)3/h6-7,10H,4-5H2,1-3H3. The van der Waals surface area contributed by atoms with Gasteiger partial charge in [0.05, 0.1) is 6.61 Å². The van der Waals surface area contributed by atoms with Crippen LogP contribution in [0.4, 0.5) is 0 Å². The molecule has 0 aliphatic carbocycles. The fraction of sp³-hybridized carbons (Fsp3) is 0.667. The number of nitrogens with one attached hydrogen (secondary N) is 1. The van der Waals surface area contributed by atoms with E-state index in [4.69, 9.17) is 4.74 Å². The highest BCUT2D eigenvalue weighted by molar-refractivity contribution is 7.13. The van der Waals surface area contributed by atoms with Crippen molar-refractivity contribution in [1.29, 1.82) is 0 Å². The van der Waals surface area contributed by atoms with Gasteiger partial charge in [0.2, 0.25) is 0 Å². The van der Waals surface area contributed by atoms with Crippen molar-refractivity contribution in [2.75, 3.05) is 6.61 Å². The van der Waals surface area contributed by atoms with Crippen molar-refractivity contribution in [2.45, 2.75) is 33.4 Å². The second-order valence-electron chi connectivity index (χ2n) is 3.06. The topological polar surface area (TPSA) is 34.1 Å². The van der Waals surface area contributed by atoms with Gasteiger partial charge >= 0.3 is 0 Å². The van der Waals surface area contributed by atoms with Crippen LogP contribution in [-0.4, -0.2) is 17.6 Å². The predicted molar refractivity (Wildman–Crippen MR) is 55.3 cm³/mol. The average Bonchev–Trinajstić information content (AvgIpc) is 2.50. The molecule has 74 valence electrons. The van der Waals surface area contributed by atoms with Crippen LogP contribution in [0, 0.1) is 0 Å². The van der Waals surface area contributed by atoms with E-state index in [9.17, 15) is 0 Å². The molecular formula is C9H16N2OS. The lowest BCUT2D eigenvalue weighted by Crippen LogP contribution is -2.21. The summed E-state index contributed by atoms with van der Waals surface area (Å²) in [6, 6.07) is 0.512. The van der Waals surface area contributed by atoms with Crippen LogP contribution in [0.1, 0.15) is 25.6 Å². The van der Waals surface area contributed by atoms with Gasteiger partial charge in [-0.3, -0.25) is 0 Å². The molecule has 3 nitrogen and oxygen atoms in total. The lowest BCUT2D eigenvalue weighted by Gasteiger charge is -2.04. The highest BCUT2D eigenvalue weighted by Crippen LogP contribution is 2.20. The first-order valence-corrected chi connectivity index (χ1v) is 5.35. The van der Waals surface area contributed by atoms with Gasteiger partial charge in [-0.1, -0.05) is 25.2 Å². The third kappa shape index (κ3) is 3.74. The van der Waals surface area contributed by atoms with Gasteiger partial charge in [0.15, 0.2) is 0 Å². The molecule has 0 saturated carbocycles. The first-order valence-electron chi connectivity index (χ1n) is 4.53. The maximum Gasteiger partial charge on any atom is 0.273 e. The first-order chi connectivity index (χ1) is 6.22. The Kier molecular flexibility index (Phi) is 4.18. The third-order valence-corrected chi connectivity index (χ3v) is 2.39. The number of ether oxygens (including phenoxy) is 1. The molecule has 1 N–H and O–H groups in total. The van der Waals surface area contributed by atoms with Crippen molar-refractivity contribution in [3.8, 4) is 5.19 Å². The summed E-state index contributed by atoms with van der Waals surface area (Å²) in [6.45, 7) is 7.79. The second-order valence-corrected chi connectivity index (χ2v) is 4.14. The predicted octanol–water partition coefficient (Wildman–Crippen LogP) is 2.04. The van der Waals surface area contributed by atoms with Crippen LogP contribution >= 0.6 is 11.3 Å². The quantitative estimate of drug-likeness (QED) is 0.789. The van der Waals surface area contributed by atoms with Crippen LogP contribution in [0.15, 0.2) is 6.20 Å². The van der Waals surface area contributed by atoms with Gasteiger partial charge in [-0.25, -0.2) is 4.98 Å². The fourth-order valence-electron chi connectivity index (χ4n) is 0.866. The number of nitrogens with zero attached hydrogens (tertiary/aromatic N) is 1. The van der Waals surface area contributed by atoms with E-state index in [1.807, 2.05) is 13.1 Å². The zero-order valence-corrected chi connectivity index (χ0v) is 9.15. The molecule has 0 fully saturated rings. The third-order valence-electron chi connectivity index (χ3n) is 1.48. The normalized spacial score (nSPS) is 10.8. The van der Waals surface area contributed by atoms with Gasteiger partial charge in [-0.2, -0.15) is 0 Å². The molecule has 1 aromatic heterocycles.